The predicted octanol–water partition coefficient (Wildman–Crippen LogP) is 4.24. The van der Waals surface area contributed by atoms with E-state index in [1.165, 1.54) is 19.1 Å². The molecular weight excluding hydrogens is 439 g/mol. The van der Waals surface area contributed by atoms with E-state index in [2.05, 4.69) is 0 Å². The lowest BCUT2D eigenvalue weighted by atomic mass is 10.1. The summed E-state index contributed by atoms with van der Waals surface area (Å²) in [6.45, 7) is 4.11. The first kappa shape index (κ1) is 23.2. The SMILES string of the molecule is CCOC(=O)c1c(OCc2ccccc2)c2n(c1C(C)=O)CCN(Cc1ccc(F)cc1)C2=O. The number of halogens is 1. The molecule has 0 saturated carbocycles. The number of ketones is 1. The Morgan fingerprint density at radius 3 is 2.35 bits per heavy atom. The maximum atomic E-state index is 13.6. The Kier molecular flexibility index (Phi) is 6.77. The lowest BCUT2D eigenvalue weighted by molar-refractivity contribution is 0.0518. The molecule has 0 fully saturated rings. The molecule has 0 bridgehead atoms. The first-order chi connectivity index (χ1) is 16.4. The number of aromatic nitrogens is 1. The summed E-state index contributed by atoms with van der Waals surface area (Å²) >= 11 is 0. The van der Waals surface area contributed by atoms with Gasteiger partial charge in [-0.25, -0.2) is 9.18 Å². The van der Waals surface area contributed by atoms with E-state index in [0.29, 0.717) is 13.1 Å². The zero-order valence-electron chi connectivity index (χ0n) is 19.0. The van der Waals surface area contributed by atoms with Crippen LogP contribution in [-0.2, 0) is 24.4 Å². The number of ether oxygens (including phenoxy) is 2. The number of hydrogen-bond acceptors (Lipinski definition) is 5. The van der Waals surface area contributed by atoms with Gasteiger partial charge < -0.3 is 18.9 Å². The molecule has 7 nitrogen and oxygen atoms in total. The molecule has 3 aromatic rings. The predicted molar refractivity (Wildman–Crippen MR) is 122 cm³/mol. The fraction of sp³-hybridized carbons (Fsp3) is 0.269. The van der Waals surface area contributed by atoms with Crippen LogP contribution in [0.1, 0.15) is 56.3 Å². The van der Waals surface area contributed by atoms with E-state index in [4.69, 9.17) is 9.47 Å². The monoisotopic (exact) mass is 464 g/mol. The van der Waals surface area contributed by atoms with Gasteiger partial charge >= 0.3 is 5.97 Å². The van der Waals surface area contributed by atoms with E-state index in [0.717, 1.165) is 11.1 Å². The number of nitrogens with zero attached hydrogens (tertiary/aromatic N) is 2. The number of hydrogen-bond donors (Lipinski definition) is 0. The van der Waals surface area contributed by atoms with Crippen molar-refractivity contribution in [2.24, 2.45) is 0 Å². The average molecular weight is 464 g/mol. The highest BCUT2D eigenvalue weighted by Gasteiger charge is 2.38. The van der Waals surface area contributed by atoms with Crippen molar-refractivity contribution in [1.82, 2.24) is 9.47 Å². The van der Waals surface area contributed by atoms with Crippen molar-refractivity contribution in [3.05, 3.63) is 88.5 Å². The fourth-order valence-electron chi connectivity index (χ4n) is 4.09. The van der Waals surface area contributed by atoms with Crippen LogP contribution in [0.4, 0.5) is 4.39 Å². The maximum absolute atomic E-state index is 13.6. The van der Waals surface area contributed by atoms with Crippen molar-refractivity contribution >= 4 is 17.7 Å². The molecule has 2 aromatic carbocycles. The molecule has 2 heterocycles. The fourth-order valence-corrected chi connectivity index (χ4v) is 4.09. The molecular formula is C26H25FN2O5. The molecule has 0 N–H and O–H groups in total. The second-order valence-electron chi connectivity index (χ2n) is 7.96. The van der Waals surface area contributed by atoms with E-state index in [9.17, 15) is 18.8 Å². The summed E-state index contributed by atoms with van der Waals surface area (Å²) in [5.41, 5.74) is 1.81. The topological polar surface area (TPSA) is 77.8 Å². The highest BCUT2D eigenvalue weighted by molar-refractivity contribution is 6.11. The molecule has 176 valence electrons. The van der Waals surface area contributed by atoms with Crippen LogP contribution in [0.2, 0.25) is 0 Å². The Balaban J connectivity index is 1.76. The first-order valence-corrected chi connectivity index (χ1v) is 11.1. The Labute approximate surface area is 196 Å². The van der Waals surface area contributed by atoms with Crippen LogP contribution in [0, 0.1) is 5.82 Å². The molecule has 4 rings (SSSR count). The van der Waals surface area contributed by atoms with Gasteiger partial charge in [0, 0.05) is 26.6 Å². The number of benzene rings is 2. The number of Topliss-reactive ketones (excluding diaryl/α,β-unsaturated/α-hetero) is 1. The number of carbonyl (C=O) groups excluding carboxylic acids is 3. The Bertz CT molecular complexity index is 1220. The van der Waals surface area contributed by atoms with Crippen molar-refractivity contribution < 1.29 is 28.2 Å². The van der Waals surface area contributed by atoms with Crippen molar-refractivity contribution in [2.75, 3.05) is 13.2 Å². The van der Waals surface area contributed by atoms with Gasteiger partial charge in [0.15, 0.2) is 17.2 Å². The molecule has 0 spiro atoms. The summed E-state index contributed by atoms with van der Waals surface area (Å²) in [7, 11) is 0. The zero-order chi connectivity index (χ0) is 24.2. The lowest BCUT2D eigenvalue weighted by Gasteiger charge is -2.29. The third-order valence-electron chi connectivity index (χ3n) is 5.63. The van der Waals surface area contributed by atoms with Crippen molar-refractivity contribution in [2.45, 2.75) is 33.5 Å². The first-order valence-electron chi connectivity index (χ1n) is 11.1. The summed E-state index contributed by atoms with van der Waals surface area (Å²) in [5, 5.41) is 0. The van der Waals surface area contributed by atoms with Gasteiger partial charge in [0.25, 0.3) is 5.91 Å². The van der Waals surface area contributed by atoms with Gasteiger partial charge in [0.1, 0.15) is 23.7 Å². The minimum Gasteiger partial charge on any atom is -0.485 e. The largest absolute Gasteiger partial charge is 0.485 e. The molecule has 1 aliphatic rings. The van der Waals surface area contributed by atoms with Crippen LogP contribution in [0.15, 0.2) is 54.6 Å². The van der Waals surface area contributed by atoms with Gasteiger partial charge in [-0.15, -0.1) is 0 Å². The van der Waals surface area contributed by atoms with E-state index in [1.54, 1.807) is 28.5 Å². The molecule has 0 aliphatic carbocycles. The summed E-state index contributed by atoms with van der Waals surface area (Å²) in [5.74, 6) is -1.77. The molecule has 0 unspecified atom stereocenters. The van der Waals surface area contributed by atoms with Crippen LogP contribution in [-0.4, -0.2) is 40.3 Å². The van der Waals surface area contributed by atoms with Crippen LogP contribution >= 0.6 is 0 Å². The second-order valence-corrected chi connectivity index (χ2v) is 7.96. The van der Waals surface area contributed by atoms with Gasteiger partial charge in [-0.1, -0.05) is 42.5 Å². The Hall–Kier alpha value is -3.94. The quantitative estimate of drug-likeness (QED) is 0.368. The third kappa shape index (κ3) is 4.57. The Morgan fingerprint density at radius 1 is 1.00 bits per heavy atom. The minimum absolute atomic E-state index is 0.0303. The van der Waals surface area contributed by atoms with Crippen molar-refractivity contribution in [1.29, 1.82) is 0 Å². The molecule has 34 heavy (non-hydrogen) atoms. The third-order valence-corrected chi connectivity index (χ3v) is 5.63. The molecule has 8 heteroatoms. The smallest absolute Gasteiger partial charge is 0.344 e. The van der Waals surface area contributed by atoms with Crippen molar-refractivity contribution in [3.8, 4) is 5.75 Å². The number of amides is 1. The minimum atomic E-state index is -0.712. The van der Waals surface area contributed by atoms with E-state index < -0.39 is 5.97 Å². The highest BCUT2D eigenvalue weighted by atomic mass is 19.1. The van der Waals surface area contributed by atoms with Crippen LogP contribution < -0.4 is 4.74 Å². The van der Waals surface area contributed by atoms with Gasteiger partial charge in [-0.05, 0) is 30.2 Å². The maximum Gasteiger partial charge on any atom is 0.344 e. The van der Waals surface area contributed by atoms with Gasteiger partial charge in [0.05, 0.1) is 6.61 Å². The molecule has 0 atom stereocenters. The van der Waals surface area contributed by atoms with Crippen LogP contribution in [0.5, 0.6) is 5.75 Å². The zero-order valence-corrected chi connectivity index (χ0v) is 19.0. The summed E-state index contributed by atoms with van der Waals surface area (Å²) in [6.07, 6.45) is 0. The summed E-state index contributed by atoms with van der Waals surface area (Å²) < 4.78 is 26.1. The number of esters is 1. The standard InChI is InChI=1S/C26H25FN2O5/c1-3-33-26(32)21-22(17(2)30)29-14-13-28(15-18-9-11-20(27)12-10-18)25(31)23(29)24(21)34-16-19-7-5-4-6-8-19/h4-12H,3,13-16H2,1-2H3. The van der Waals surface area contributed by atoms with Crippen LogP contribution in [0.25, 0.3) is 0 Å². The molecule has 0 radical (unpaired) electrons. The molecule has 1 aliphatic heterocycles. The van der Waals surface area contributed by atoms with Crippen LogP contribution in [0.3, 0.4) is 0 Å². The van der Waals surface area contributed by atoms with Gasteiger partial charge in [-0.3, -0.25) is 9.59 Å². The normalized spacial score (nSPS) is 12.9. The summed E-state index contributed by atoms with van der Waals surface area (Å²) in [4.78, 5) is 40.7. The van der Waals surface area contributed by atoms with E-state index in [-0.39, 0.29) is 60.0 Å². The average Bonchev–Trinajstić information content (AvgIpc) is 3.17. The highest BCUT2D eigenvalue weighted by Crippen LogP contribution is 2.36. The van der Waals surface area contributed by atoms with E-state index in [1.807, 2.05) is 30.3 Å². The van der Waals surface area contributed by atoms with E-state index >= 15 is 0 Å². The molecule has 1 aromatic heterocycles. The molecule has 0 saturated heterocycles. The number of carbonyl (C=O) groups is 3. The number of rotatable bonds is 8. The number of fused-ring (bicyclic) bond motifs is 1. The molecule has 1 amide bonds. The van der Waals surface area contributed by atoms with Gasteiger partial charge in [-0.2, -0.15) is 0 Å². The van der Waals surface area contributed by atoms with Crippen molar-refractivity contribution in [3.63, 3.8) is 0 Å². The Morgan fingerprint density at radius 2 is 1.71 bits per heavy atom. The van der Waals surface area contributed by atoms with Gasteiger partial charge in [0.2, 0.25) is 0 Å². The lowest BCUT2D eigenvalue weighted by Crippen LogP contribution is -2.40. The summed E-state index contributed by atoms with van der Waals surface area (Å²) in [6, 6.07) is 15.2. The second kappa shape index (κ2) is 9.91.